The number of amides is 3. The first kappa shape index (κ1) is 25.7. The molecule has 9 heteroatoms. The highest BCUT2D eigenvalue weighted by Gasteiger charge is 2.20. The van der Waals surface area contributed by atoms with E-state index in [2.05, 4.69) is 10.2 Å². The molecule has 9 nitrogen and oxygen atoms in total. The van der Waals surface area contributed by atoms with Crippen molar-refractivity contribution in [1.82, 2.24) is 20.0 Å². The van der Waals surface area contributed by atoms with Crippen molar-refractivity contribution in [3.63, 3.8) is 0 Å². The number of ether oxygens (including phenoxy) is 3. The number of benzene rings is 1. The molecule has 0 aromatic heterocycles. The van der Waals surface area contributed by atoms with Crippen LogP contribution in [0.3, 0.4) is 0 Å². The zero-order valence-corrected chi connectivity index (χ0v) is 19.9. The second-order valence-corrected chi connectivity index (χ2v) is 7.61. The molecule has 0 radical (unpaired) electrons. The van der Waals surface area contributed by atoms with Gasteiger partial charge < -0.3 is 29.3 Å². The first-order chi connectivity index (χ1) is 15.5. The van der Waals surface area contributed by atoms with Crippen LogP contribution in [0.5, 0.6) is 11.5 Å². The molecule has 0 atom stereocenters. The van der Waals surface area contributed by atoms with Gasteiger partial charge in [-0.2, -0.15) is 0 Å². The van der Waals surface area contributed by atoms with Gasteiger partial charge in [0.1, 0.15) is 6.54 Å². The van der Waals surface area contributed by atoms with Crippen LogP contribution in [0.25, 0.3) is 0 Å². The highest BCUT2D eigenvalue weighted by molar-refractivity contribution is 5.84. The third kappa shape index (κ3) is 7.87. The van der Waals surface area contributed by atoms with Crippen molar-refractivity contribution >= 4 is 11.9 Å². The van der Waals surface area contributed by atoms with Crippen LogP contribution in [0.1, 0.15) is 19.4 Å². The number of methoxy groups -OCH3 is 2. The maximum Gasteiger partial charge on any atom is 0.317 e. The van der Waals surface area contributed by atoms with E-state index in [1.165, 1.54) is 0 Å². The Labute approximate surface area is 191 Å². The smallest absolute Gasteiger partial charge is 0.317 e. The van der Waals surface area contributed by atoms with Crippen LogP contribution in [0.2, 0.25) is 0 Å². The summed E-state index contributed by atoms with van der Waals surface area (Å²) in [7, 11) is 3.19. The molecule has 0 aliphatic carbocycles. The fourth-order valence-electron chi connectivity index (χ4n) is 3.65. The Morgan fingerprint density at radius 1 is 1.06 bits per heavy atom. The average molecular weight is 451 g/mol. The van der Waals surface area contributed by atoms with Crippen molar-refractivity contribution in [3.05, 3.63) is 23.8 Å². The van der Waals surface area contributed by atoms with E-state index in [1.807, 2.05) is 32.0 Å². The Hall–Kier alpha value is -2.52. The molecule has 0 bridgehead atoms. The van der Waals surface area contributed by atoms with E-state index in [1.54, 1.807) is 24.0 Å². The normalized spacial score (nSPS) is 14.0. The summed E-state index contributed by atoms with van der Waals surface area (Å²) in [6.07, 6.45) is 0.600. The highest BCUT2D eigenvalue weighted by Crippen LogP contribution is 2.27. The molecule has 180 valence electrons. The Bertz CT molecular complexity index is 720. The molecule has 32 heavy (non-hydrogen) atoms. The minimum atomic E-state index is -0.223. The zero-order chi connectivity index (χ0) is 23.3. The van der Waals surface area contributed by atoms with Gasteiger partial charge in [0.05, 0.1) is 27.4 Å². The number of carbonyl (C=O) groups is 2. The van der Waals surface area contributed by atoms with Gasteiger partial charge in [-0.05, 0) is 38.0 Å². The fourth-order valence-corrected chi connectivity index (χ4v) is 3.65. The van der Waals surface area contributed by atoms with Crippen molar-refractivity contribution in [1.29, 1.82) is 0 Å². The molecule has 1 aliphatic heterocycles. The fraction of sp³-hybridized carbons (Fsp3) is 0.652. The quantitative estimate of drug-likeness (QED) is 0.519. The number of nitrogens with one attached hydrogen (secondary N) is 1. The maximum absolute atomic E-state index is 12.9. The third-order valence-electron chi connectivity index (χ3n) is 5.66. The third-order valence-corrected chi connectivity index (χ3v) is 5.66. The molecule has 0 saturated carbocycles. The molecule has 3 amide bonds. The number of nitrogens with zero attached hydrogens (tertiary/aromatic N) is 3. The summed E-state index contributed by atoms with van der Waals surface area (Å²) >= 11 is 0. The largest absolute Gasteiger partial charge is 0.493 e. The molecule has 1 heterocycles. The molecule has 0 unspecified atom stereocenters. The van der Waals surface area contributed by atoms with Gasteiger partial charge >= 0.3 is 6.03 Å². The Morgan fingerprint density at radius 2 is 1.75 bits per heavy atom. The number of likely N-dealkylation sites (N-methyl/N-ethyl adjacent to an activating group) is 1. The topological polar surface area (TPSA) is 83.6 Å². The summed E-state index contributed by atoms with van der Waals surface area (Å²) in [4.78, 5) is 31.2. The van der Waals surface area contributed by atoms with Crippen molar-refractivity contribution < 1.29 is 23.8 Å². The number of hydrogen-bond acceptors (Lipinski definition) is 6. The number of carbonyl (C=O) groups excluding carboxylic acids is 2. The van der Waals surface area contributed by atoms with Crippen molar-refractivity contribution in [3.8, 4) is 11.5 Å². The van der Waals surface area contributed by atoms with E-state index in [-0.39, 0.29) is 18.5 Å². The van der Waals surface area contributed by atoms with Crippen LogP contribution in [-0.4, -0.2) is 106 Å². The van der Waals surface area contributed by atoms with Crippen LogP contribution in [0.4, 0.5) is 4.79 Å². The lowest BCUT2D eigenvalue weighted by Crippen LogP contribution is -2.49. The van der Waals surface area contributed by atoms with Crippen LogP contribution < -0.4 is 14.8 Å². The zero-order valence-electron chi connectivity index (χ0n) is 19.9. The van der Waals surface area contributed by atoms with Gasteiger partial charge in [-0.3, -0.25) is 9.69 Å². The minimum absolute atomic E-state index is 0.0503. The molecule has 1 fully saturated rings. The van der Waals surface area contributed by atoms with E-state index in [0.717, 1.165) is 38.4 Å². The molecule has 0 spiro atoms. The molecule has 1 saturated heterocycles. The molecule has 1 aromatic carbocycles. The predicted octanol–water partition coefficient (Wildman–Crippen LogP) is 1.46. The second kappa shape index (κ2) is 13.8. The summed E-state index contributed by atoms with van der Waals surface area (Å²) in [6, 6.07) is 5.48. The number of morpholine rings is 1. The van der Waals surface area contributed by atoms with Gasteiger partial charge in [-0.25, -0.2) is 4.79 Å². The van der Waals surface area contributed by atoms with Crippen molar-refractivity contribution in [2.45, 2.75) is 20.3 Å². The summed E-state index contributed by atoms with van der Waals surface area (Å²) in [5.74, 6) is 1.25. The molecule has 1 aliphatic rings. The van der Waals surface area contributed by atoms with E-state index in [0.29, 0.717) is 44.1 Å². The number of hydrogen-bond donors (Lipinski definition) is 1. The monoisotopic (exact) mass is 450 g/mol. The average Bonchev–Trinajstić information content (AvgIpc) is 2.82. The first-order valence-corrected chi connectivity index (χ1v) is 11.3. The van der Waals surface area contributed by atoms with Gasteiger partial charge in [0.15, 0.2) is 11.5 Å². The van der Waals surface area contributed by atoms with Gasteiger partial charge in [0, 0.05) is 45.8 Å². The summed E-state index contributed by atoms with van der Waals surface area (Å²) in [5, 5.41) is 2.98. The van der Waals surface area contributed by atoms with Gasteiger partial charge in [0.2, 0.25) is 5.91 Å². The lowest BCUT2D eigenvalue weighted by Gasteiger charge is -2.28. The lowest BCUT2D eigenvalue weighted by molar-refractivity contribution is -0.131. The van der Waals surface area contributed by atoms with Gasteiger partial charge in [-0.1, -0.05) is 6.07 Å². The Kier molecular flexibility index (Phi) is 11.1. The molecular formula is C23H38N4O5. The van der Waals surface area contributed by atoms with E-state index in [4.69, 9.17) is 14.2 Å². The molecule has 1 aromatic rings. The molecule has 1 N–H and O–H groups in total. The first-order valence-electron chi connectivity index (χ1n) is 11.3. The molecule has 2 rings (SSSR count). The van der Waals surface area contributed by atoms with Crippen LogP contribution >= 0.6 is 0 Å². The molecular weight excluding hydrogens is 412 g/mol. The predicted molar refractivity (Wildman–Crippen MR) is 123 cm³/mol. The standard InChI is InChI=1S/C23H38N4O5/c1-5-26(6-2)22(28)18-27(23(29)24-10-12-25-13-15-32-16-14-25)11-9-19-7-8-20(30-3)21(17-19)31-4/h7-8,17H,5-6,9-16,18H2,1-4H3,(H,24,29). The maximum atomic E-state index is 12.9. The summed E-state index contributed by atoms with van der Waals surface area (Å²) in [6.45, 7) is 10.1. The summed E-state index contributed by atoms with van der Waals surface area (Å²) < 4.78 is 16.0. The van der Waals surface area contributed by atoms with E-state index < -0.39 is 0 Å². The van der Waals surface area contributed by atoms with Gasteiger partial charge in [0.25, 0.3) is 0 Å². The van der Waals surface area contributed by atoms with Crippen LogP contribution in [0.15, 0.2) is 18.2 Å². The SMILES string of the molecule is CCN(CC)C(=O)CN(CCc1ccc(OC)c(OC)c1)C(=O)NCCN1CCOCC1. The minimum Gasteiger partial charge on any atom is -0.493 e. The number of urea groups is 1. The summed E-state index contributed by atoms with van der Waals surface area (Å²) in [5.41, 5.74) is 1.00. The van der Waals surface area contributed by atoms with E-state index >= 15 is 0 Å². The second-order valence-electron chi connectivity index (χ2n) is 7.61. The Balaban J connectivity index is 1.99. The van der Waals surface area contributed by atoms with Crippen molar-refractivity contribution in [2.24, 2.45) is 0 Å². The highest BCUT2D eigenvalue weighted by atomic mass is 16.5. The van der Waals surface area contributed by atoms with E-state index in [9.17, 15) is 9.59 Å². The van der Waals surface area contributed by atoms with Crippen LogP contribution in [-0.2, 0) is 16.0 Å². The Morgan fingerprint density at radius 3 is 2.38 bits per heavy atom. The number of rotatable bonds is 12. The van der Waals surface area contributed by atoms with Crippen molar-refractivity contribution in [2.75, 3.05) is 79.8 Å². The van der Waals surface area contributed by atoms with Gasteiger partial charge in [-0.15, -0.1) is 0 Å². The van der Waals surface area contributed by atoms with Crippen LogP contribution in [0, 0.1) is 0 Å². The lowest BCUT2D eigenvalue weighted by atomic mass is 10.1.